The van der Waals surface area contributed by atoms with Gasteiger partial charge in [0.25, 0.3) is 0 Å². The second-order valence-electron chi connectivity index (χ2n) is 6.44. The summed E-state index contributed by atoms with van der Waals surface area (Å²) in [6, 6.07) is 9.58. The molecule has 5 heteroatoms. The third kappa shape index (κ3) is 3.67. The SMILES string of the molecule is CC1CN(C(=O)CCOc2ccccc2)CC2(CCOC2C)O1. The van der Waals surface area contributed by atoms with Crippen LogP contribution in [0.5, 0.6) is 5.75 Å². The molecule has 0 aliphatic carbocycles. The molecule has 126 valence electrons. The number of hydrogen-bond acceptors (Lipinski definition) is 4. The fraction of sp³-hybridized carbons (Fsp3) is 0.611. The summed E-state index contributed by atoms with van der Waals surface area (Å²) in [5, 5.41) is 0. The molecule has 0 radical (unpaired) electrons. The Morgan fingerprint density at radius 1 is 1.35 bits per heavy atom. The van der Waals surface area contributed by atoms with Crippen molar-refractivity contribution in [3.8, 4) is 5.75 Å². The number of ether oxygens (including phenoxy) is 3. The highest BCUT2D eigenvalue weighted by Crippen LogP contribution is 2.35. The van der Waals surface area contributed by atoms with Crippen LogP contribution in [-0.4, -0.2) is 54.9 Å². The number of rotatable bonds is 4. The molecule has 3 unspecified atom stereocenters. The molecular weight excluding hydrogens is 294 g/mol. The molecule has 0 aromatic heterocycles. The van der Waals surface area contributed by atoms with Crippen molar-refractivity contribution in [2.24, 2.45) is 0 Å². The first-order chi connectivity index (χ1) is 11.1. The molecule has 0 bridgehead atoms. The second-order valence-corrected chi connectivity index (χ2v) is 6.44. The summed E-state index contributed by atoms with van der Waals surface area (Å²) in [6.07, 6.45) is 1.29. The molecule has 3 rings (SSSR count). The van der Waals surface area contributed by atoms with Crippen molar-refractivity contribution in [2.45, 2.75) is 44.5 Å². The topological polar surface area (TPSA) is 48.0 Å². The lowest BCUT2D eigenvalue weighted by molar-refractivity contribution is -0.179. The molecule has 5 nitrogen and oxygen atoms in total. The quantitative estimate of drug-likeness (QED) is 0.854. The number of morpholine rings is 1. The number of amides is 1. The van der Waals surface area contributed by atoms with Gasteiger partial charge in [0.1, 0.15) is 11.4 Å². The Morgan fingerprint density at radius 3 is 2.83 bits per heavy atom. The molecule has 2 heterocycles. The highest BCUT2D eigenvalue weighted by Gasteiger charge is 2.48. The molecule has 2 saturated heterocycles. The summed E-state index contributed by atoms with van der Waals surface area (Å²) in [4.78, 5) is 14.4. The second kappa shape index (κ2) is 6.89. The van der Waals surface area contributed by atoms with E-state index in [1.54, 1.807) is 0 Å². The van der Waals surface area contributed by atoms with Crippen LogP contribution in [0.2, 0.25) is 0 Å². The van der Waals surface area contributed by atoms with Crippen LogP contribution in [0.1, 0.15) is 26.7 Å². The fourth-order valence-electron chi connectivity index (χ4n) is 3.42. The molecule has 3 atom stereocenters. The van der Waals surface area contributed by atoms with Gasteiger partial charge in [0.15, 0.2) is 0 Å². The molecule has 2 aliphatic rings. The number of carbonyl (C=O) groups is 1. The fourth-order valence-corrected chi connectivity index (χ4v) is 3.42. The van der Waals surface area contributed by atoms with Gasteiger partial charge in [-0.3, -0.25) is 4.79 Å². The van der Waals surface area contributed by atoms with Crippen LogP contribution in [0, 0.1) is 0 Å². The number of hydrogen-bond donors (Lipinski definition) is 0. The van der Waals surface area contributed by atoms with Crippen molar-refractivity contribution in [3.05, 3.63) is 30.3 Å². The van der Waals surface area contributed by atoms with E-state index in [-0.39, 0.29) is 23.7 Å². The molecule has 1 aromatic carbocycles. The van der Waals surface area contributed by atoms with Crippen LogP contribution in [0.15, 0.2) is 30.3 Å². The summed E-state index contributed by atoms with van der Waals surface area (Å²) >= 11 is 0. The Kier molecular flexibility index (Phi) is 4.87. The molecular formula is C18H25NO4. The van der Waals surface area contributed by atoms with E-state index >= 15 is 0 Å². The van der Waals surface area contributed by atoms with Crippen molar-refractivity contribution < 1.29 is 19.0 Å². The van der Waals surface area contributed by atoms with Crippen LogP contribution < -0.4 is 4.74 Å². The summed E-state index contributed by atoms with van der Waals surface area (Å²) in [7, 11) is 0. The minimum atomic E-state index is -0.340. The highest BCUT2D eigenvalue weighted by atomic mass is 16.6. The van der Waals surface area contributed by atoms with E-state index in [0.29, 0.717) is 32.7 Å². The number of nitrogens with zero attached hydrogens (tertiary/aromatic N) is 1. The molecule has 1 amide bonds. The monoisotopic (exact) mass is 319 g/mol. The maximum absolute atomic E-state index is 12.5. The van der Waals surface area contributed by atoms with Crippen LogP contribution in [0.25, 0.3) is 0 Å². The minimum Gasteiger partial charge on any atom is -0.493 e. The minimum absolute atomic E-state index is 0.0288. The summed E-state index contributed by atoms with van der Waals surface area (Å²) in [6.45, 7) is 6.40. The van der Waals surface area contributed by atoms with Crippen LogP contribution in [0.3, 0.4) is 0 Å². The summed E-state index contributed by atoms with van der Waals surface area (Å²) in [5.74, 6) is 0.916. The molecule has 1 aromatic rings. The van der Waals surface area contributed by atoms with E-state index < -0.39 is 0 Å². The molecule has 2 aliphatic heterocycles. The zero-order valence-electron chi connectivity index (χ0n) is 13.9. The van der Waals surface area contributed by atoms with E-state index in [0.717, 1.165) is 12.2 Å². The lowest BCUT2D eigenvalue weighted by Gasteiger charge is -2.45. The Balaban J connectivity index is 1.54. The van der Waals surface area contributed by atoms with Gasteiger partial charge in [-0.2, -0.15) is 0 Å². The Bertz CT molecular complexity index is 535. The Morgan fingerprint density at radius 2 is 2.13 bits per heavy atom. The van der Waals surface area contributed by atoms with Crippen molar-refractivity contribution >= 4 is 5.91 Å². The average Bonchev–Trinajstić information content (AvgIpc) is 2.87. The van der Waals surface area contributed by atoms with E-state index in [1.165, 1.54) is 0 Å². The van der Waals surface area contributed by atoms with Crippen molar-refractivity contribution in [1.29, 1.82) is 0 Å². The standard InChI is InChI=1S/C18H25NO4/c1-14-12-19(13-18(23-14)9-11-21-15(18)2)17(20)8-10-22-16-6-4-3-5-7-16/h3-7,14-15H,8-13H2,1-2H3. The van der Waals surface area contributed by atoms with E-state index in [2.05, 4.69) is 0 Å². The Hall–Kier alpha value is -1.59. The summed E-state index contributed by atoms with van der Waals surface area (Å²) in [5.41, 5.74) is -0.340. The molecule has 0 N–H and O–H groups in total. The zero-order chi connectivity index (χ0) is 16.3. The van der Waals surface area contributed by atoms with Gasteiger partial charge in [0.05, 0.1) is 31.8 Å². The van der Waals surface area contributed by atoms with Gasteiger partial charge in [-0.25, -0.2) is 0 Å². The first-order valence-corrected chi connectivity index (χ1v) is 8.34. The van der Waals surface area contributed by atoms with Crippen LogP contribution in [0.4, 0.5) is 0 Å². The number of benzene rings is 1. The average molecular weight is 319 g/mol. The normalized spacial score (nSPS) is 30.6. The predicted molar refractivity (Wildman–Crippen MR) is 86.4 cm³/mol. The molecule has 2 fully saturated rings. The van der Waals surface area contributed by atoms with Gasteiger partial charge in [0.2, 0.25) is 5.91 Å². The number of para-hydroxylation sites is 1. The Labute approximate surface area is 137 Å². The smallest absolute Gasteiger partial charge is 0.226 e. The highest BCUT2D eigenvalue weighted by molar-refractivity contribution is 5.76. The van der Waals surface area contributed by atoms with Crippen molar-refractivity contribution in [3.63, 3.8) is 0 Å². The van der Waals surface area contributed by atoms with Crippen LogP contribution in [-0.2, 0) is 14.3 Å². The maximum Gasteiger partial charge on any atom is 0.226 e. The van der Waals surface area contributed by atoms with E-state index in [4.69, 9.17) is 14.2 Å². The van der Waals surface area contributed by atoms with Gasteiger partial charge < -0.3 is 19.1 Å². The molecule has 1 spiro atoms. The first kappa shape index (κ1) is 16.3. The number of carbonyl (C=O) groups excluding carboxylic acids is 1. The third-order valence-corrected chi connectivity index (χ3v) is 4.69. The van der Waals surface area contributed by atoms with Gasteiger partial charge in [-0.05, 0) is 26.0 Å². The predicted octanol–water partition coefficient (Wildman–Crippen LogP) is 2.25. The van der Waals surface area contributed by atoms with Crippen LogP contribution >= 0.6 is 0 Å². The van der Waals surface area contributed by atoms with Gasteiger partial charge in [-0.1, -0.05) is 18.2 Å². The third-order valence-electron chi connectivity index (χ3n) is 4.69. The van der Waals surface area contributed by atoms with Crippen molar-refractivity contribution in [1.82, 2.24) is 4.90 Å². The lowest BCUT2D eigenvalue weighted by Crippen LogP contribution is -2.59. The first-order valence-electron chi connectivity index (χ1n) is 8.34. The lowest BCUT2D eigenvalue weighted by atomic mass is 9.93. The molecule has 0 saturated carbocycles. The largest absolute Gasteiger partial charge is 0.493 e. The maximum atomic E-state index is 12.5. The van der Waals surface area contributed by atoms with Gasteiger partial charge in [-0.15, -0.1) is 0 Å². The van der Waals surface area contributed by atoms with E-state index in [9.17, 15) is 4.79 Å². The van der Waals surface area contributed by atoms with Gasteiger partial charge >= 0.3 is 0 Å². The van der Waals surface area contributed by atoms with Gasteiger partial charge in [0, 0.05) is 19.6 Å². The van der Waals surface area contributed by atoms with Crippen molar-refractivity contribution in [2.75, 3.05) is 26.3 Å². The zero-order valence-corrected chi connectivity index (χ0v) is 13.9. The summed E-state index contributed by atoms with van der Waals surface area (Å²) < 4.78 is 17.5. The molecule has 23 heavy (non-hydrogen) atoms. The van der Waals surface area contributed by atoms with E-state index in [1.807, 2.05) is 49.1 Å².